The molecule has 7 nitrogen and oxygen atoms in total. The molecule has 0 radical (unpaired) electrons. The first-order chi connectivity index (χ1) is 14.5. The Balaban J connectivity index is 2.14. The van der Waals surface area contributed by atoms with Crippen molar-refractivity contribution in [1.29, 1.82) is 0 Å². The van der Waals surface area contributed by atoms with Crippen LogP contribution in [0.25, 0.3) is 0 Å². The van der Waals surface area contributed by atoms with Gasteiger partial charge >= 0.3 is 0 Å². The molecule has 30 heavy (non-hydrogen) atoms. The third-order valence-electron chi connectivity index (χ3n) is 4.80. The van der Waals surface area contributed by atoms with Gasteiger partial charge in [0.15, 0.2) is 6.61 Å². The number of amides is 2. The summed E-state index contributed by atoms with van der Waals surface area (Å²) in [4.78, 5) is 27.0. The van der Waals surface area contributed by atoms with Gasteiger partial charge in [-0.15, -0.1) is 0 Å². The molecule has 0 spiro atoms. The zero-order valence-corrected chi connectivity index (χ0v) is 18.0. The molecule has 7 heteroatoms. The summed E-state index contributed by atoms with van der Waals surface area (Å²) in [5, 5.41) is 2.65. The quantitative estimate of drug-likeness (QED) is 0.612. The van der Waals surface area contributed by atoms with Crippen molar-refractivity contribution >= 4 is 11.8 Å². The van der Waals surface area contributed by atoms with Crippen LogP contribution in [0.2, 0.25) is 0 Å². The van der Waals surface area contributed by atoms with Crippen LogP contribution in [0.1, 0.15) is 18.9 Å². The van der Waals surface area contributed by atoms with Crippen LogP contribution in [0.4, 0.5) is 0 Å². The first kappa shape index (κ1) is 23.1. The molecule has 2 amide bonds. The number of nitrogens with one attached hydrogen (secondary N) is 1. The summed E-state index contributed by atoms with van der Waals surface area (Å²) in [6.45, 7) is 2.11. The van der Waals surface area contributed by atoms with Crippen molar-refractivity contribution in [3.63, 3.8) is 0 Å². The van der Waals surface area contributed by atoms with E-state index in [1.165, 1.54) is 0 Å². The maximum atomic E-state index is 13.0. The number of benzene rings is 2. The van der Waals surface area contributed by atoms with Gasteiger partial charge in [-0.05, 0) is 18.4 Å². The first-order valence-corrected chi connectivity index (χ1v) is 9.93. The minimum Gasteiger partial charge on any atom is -0.496 e. The second-order valence-corrected chi connectivity index (χ2v) is 6.70. The smallest absolute Gasteiger partial charge is 0.261 e. The van der Waals surface area contributed by atoms with Crippen LogP contribution in [0.5, 0.6) is 17.2 Å². The minimum absolute atomic E-state index is 0.193. The maximum Gasteiger partial charge on any atom is 0.261 e. The zero-order chi connectivity index (χ0) is 21.9. The Morgan fingerprint density at radius 2 is 1.60 bits per heavy atom. The minimum atomic E-state index is -0.561. The van der Waals surface area contributed by atoms with E-state index in [1.807, 2.05) is 37.3 Å². The van der Waals surface area contributed by atoms with Crippen LogP contribution in [0.15, 0.2) is 48.5 Å². The lowest BCUT2D eigenvalue weighted by Gasteiger charge is -2.30. The molecule has 0 aliphatic rings. The summed E-state index contributed by atoms with van der Waals surface area (Å²) in [5.74, 6) is 1.13. The average Bonchev–Trinajstić information content (AvgIpc) is 2.80. The molecule has 0 fully saturated rings. The van der Waals surface area contributed by atoms with Gasteiger partial charge in [0.25, 0.3) is 5.91 Å². The van der Waals surface area contributed by atoms with Crippen molar-refractivity contribution in [3.05, 3.63) is 54.1 Å². The van der Waals surface area contributed by atoms with Crippen molar-refractivity contribution in [2.75, 3.05) is 34.4 Å². The van der Waals surface area contributed by atoms with Crippen LogP contribution >= 0.6 is 0 Å². The second kappa shape index (κ2) is 11.7. The highest BCUT2D eigenvalue weighted by Gasteiger charge is 2.28. The van der Waals surface area contributed by atoms with Crippen molar-refractivity contribution in [2.45, 2.75) is 25.8 Å². The van der Waals surface area contributed by atoms with E-state index in [4.69, 9.17) is 14.2 Å². The average molecular weight is 415 g/mol. The predicted octanol–water partition coefficient (Wildman–Crippen LogP) is 2.68. The lowest BCUT2D eigenvalue weighted by atomic mass is 10.1. The molecular weight excluding hydrogens is 384 g/mol. The molecule has 162 valence electrons. The largest absolute Gasteiger partial charge is 0.496 e. The number of hydrogen-bond acceptors (Lipinski definition) is 5. The van der Waals surface area contributed by atoms with Gasteiger partial charge in [-0.3, -0.25) is 9.59 Å². The molecule has 0 heterocycles. The van der Waals surface area contributed by atoms with E-state index < -0.39 is 6.04 Å². The third kappa shape index (κ3) is 6.40. The molecular formula is C23H30N2O5. The summed E-state index contributed by atoms with van der Waals surface area (Å²) < 4.78 is 16.2. The summed E-state index contributed by atoms with van der Waals surface area (Å²) in [5.41, 5.74) is 1.10. The Labute approximate surface area is 177 Å². The summed E-state index contributed by atoms with van der Waals surface area (Å²) >= 11 is 0. The highest BCUT2D eigenvalue weighted by atomic mass is 16.5. The second-order valence-electron chi connectivity index (χ2n) is 6.70. The monoisotopic (exact) mass is 414 g/mol. The molecule has 2 rings (SSSR count). The molecule has 0 bridgehead atoms. The number of carbonyl (C=O) groups is 2. The Bertz CT molecular complexity index is 803. The molecule has 0 aliphatic heterocycles. The molecule has 0 saturated heterocycles. The van der Waals surface area contributed by atoms with E-state index >= 15 is 0 Å². The highest BCUT2D eigenvalue weighted by molar-refractivity contribution is 5.88. The SMILES string of the molecule is CC[C@H](C(=O)NC)N(CCc1ccccc1)C(=O)COc1cc(OC)cc(OC)c1. The molecule has 0 aliphatic carbocycles. The third-order valence-corrected chi connectivity index (χ3v) is 4.80. The van der Waals surface area contributed by atoms with Gasteiger partial charge in [-0.25, -0.2) is 0 Å². The molecule has 0 unspecified atom stereocenters. The lowest BCUT2D eigenvalue weighted by Crippen LogP contribution is -2.50. The van der Waals surface area contributed by atoms with Gasteiger partial charge in [0.05, 0.1) is 14.2 Å². The Morgan fingerprint density at radius 3 is 2.13 bits per heavy atom. The van der Waals surface area contributed by atoms with Crippen molar-refractivity contribution in [1.82, 2.24) is 10.2 Å². The van der Waals surface area contributed by atoms with E-state index in [0.717, 1.165) is 5.56 Å². The molecule has 0 aromatic heterocycles. The van der Waals surface area contributed by atoms with Gasteiger partial charge in [-0.1, -0.05) is 37.3 Å². The van der Waals surface area contributed by atoms with Crippen LogP contribution in [0.3, 0.4) is 0 Å². The molecule has 0 saturated carbocycles. The highest BCUT2D eigenvalue weighted by Crippen LogP contribution is 2.27. The normalized spacial score (nSPS) is 11.3. The van der Waals surface area contributed by atoms with Gasteiger partial charge in [0.2, 0.25) is 5.91 Å². The van der Waals surface area contributed by atoms with Gasteiger partial charge in [0, 0.05) is 31.8 Å². The number of carbonyl (C=O) groups excluding carboxylic acids is 2. The maximum absolute atomic E-state index is 13.0. The number of hydrogen-bond donors (Lipinski definition) is 1. The van der Waals surface area contributed by atoms with Crippen LogP contribution in [-0.4, -0.2) is 57.2 Å². The van der Waals surface area contributed by atoms with E-state index in [9.17, 15) is 9.59 Å². The van der Waals surface area contributed by atoms with E-state index in [-0.39, 0.29) is 18.4 Å². The Morgan fingerprint density at radius 1 is 1.00 bits per heavy atom. The molecule has 2 aromatic rings. The fourth-order valence-electron chi connectivity index (χ4n) is 3.16. The number of methoxy groups -OCH3 is 2. The number of ether oxygens (including phenoxy) is 3. The number of nitrogens with zero attached hydrogens (tertiary/aromatic N) is 1. The van der Waals surface area contributed by atoms with Crippen LogP contribution < -0.4 is 19.5 Å². The lowest BCUT2D eigenvalue weighted by molar-refractivity contribution is -0.142. The summed E-state index contributed by atoms with van der Waals surface area (Å²) in [6, 6.07) is 14.4. The summed E-state index contributed by atoms with van der Waals surface area (Å²) in [6.07, 6.45) is 1.15. The molecule has 2 aromatic carbocycles. The van der Waals surface area contributed by atoms with Crippen LogP contribution in [0, 0.1) is 0 Å². The fourth-order valence-corrected chi connectivity index (χ4v) is 3.16. The Kier molecular flexibility index (Phi) is 9.00. The number of likely N-dealkylation sites (N-methyl/N-ethyl adjacent to an activating group) is 1. The van der Waals surface area contributed by atoms with Gasteiger partial charge in [0.1, 0.15) is 23.3 Å². The fraction of sp³-hybridized carbons (Fsp3) is 0.391. The van der Waals surface area contributed by atoms with E-state index in [1.54, 1.807) is 44.4 Å². The zero-order valence-electron chi connectivity index (χ0n) is 18.0. The molecule has 1 atom stereocenters. The van der Waals surface area contributed by atoms with Gasteiger partial charge < -0.3 is 24.4 Å². The Hall–Kier alpha value is -3.22. The number of rotatable bonds is 11. The van der Waals surface area contributed by atoms with Crippen molar-refractivity contribution < 1.29 is 23.8 Å². The van der Waals surface area contributed by atoms with Crippen molar-refractivity contribution in [2.24, 2.45) is 0 Å². The molecule has 1 N–H and O–H groups in total. The van der Waals surface area contributed by atoms with Gasteiger partial charge in [-0.2, -0.15) is 0 Å². The topological polar surface area (TPSA) is 77.1 Å². The predicted molar refractivity (Wildman–Crippen MR) is 115 cm³/mol. The van der Waals surface area contributed by atoms with Crippen molar-refractivity contribution in [3.8, 4) is 17.2 Å². The first-order valence-electron chi connectivity index (χ1n) is 9.93. The summed E-state index contributed by atoms with van der Waals surface area (Å²) in [7, 11) is 4.67. The van der Waals surface area contributed by atoms with E-state index in [2.05, 4.69) is 5.32 Å². The van der Waals surface area contributed by atoms with E-state index in [0.29, 0.717) is 36.6 Å². The van der Waals surface area contributed by atoms with Crippen LogP contribution in [-0.2, 0) is 16.0 Å². The standard InChI is InChI=1S/C23H30N2O5/c1-5-21(23(27)24-2)25(12-11-17-9-7-6-8-10-17)22(26)16-30-20-14-18(28-3)13-19(15-20)29-4/h6-10,13-15,21H,5,11-12,16H2,1-4H3,(H,24,27)/t21-/m1/s1.